The molecular weight excluding hydrogens is 256 g/mol. The van der Waals surface area contributed by atoms with Gasteiger partial charge < -0.3 is 5.11 Å². The smallest absolute Gasteiger partial charge is 0.0487 e. The molecule has 0 aliphatic heterocycles. The summed E-state index contributed by atoms with van der Waals surface area (Å²) in [5.41, 5.74) is 3.81. The molecule has 0 aromatic carbocycles. The first-order valence-corrected chi connectivity index (χ1v) is 8.92. The number of hydrogen-bond acceptors (Lipinski definition) is 1. The van der Waals surface area contributed by atoms with Crippen molar-refractivity contribution in [2.45, 2.75) is 66.2 Å². The fraction of sp³-hybridized carbons (Fsp3) is 0.800. The van der Waals surface area contributed by atoms with Gasteiger partial charge in [0.25, 0.3) is 0 Å². The minimum atomic E-state index is 0.153. The maximum atomic E-state index is 9.99. The third-order valence-corrected chi connectivity index (χ3v) is 7.04. The molecule has 118 valence electrons. The molecule has 1 nitrogen and oxygen atoms in total. The monoisotopic (exact) mass is 288 g/mol. The van der Waals surface area contributed by atoms with Crippen molar-refractivity contribution in [1.29, 1.82) is 0 Å². The summed E-state index contributed by atoms with van der Waals surface area (Å²) in [7, 11) is 0. The number of aliphatic hydroxyl groups is 1. The van der Waals surface area contributed by atoms with Gasteiger partial charge in [0.1, 0.15) is 0 Å². The van der Waals surface area contributed by atoms with E-state index in [9.17, 15) is 5.11 Å². The van der Waals surface area contributed by atoms with Crippen LogP contribution in [-0.2, 0) is 0 Å². The molecule has 0 radical (unpaired) electrons. The summed E-state index contributed by atoms with van der Waals surface area (Å²) in [6.07, 6.45) is 12.6. The molecule has 2 saturated carbocycles. The average Bonchev–Trinajstić information content (AvgIpc) is 2.46. The highest BCUT2D eigenvalue weighted by molar-refractivity contribution is 5.34. The van der Waals surface area contributed by atoms with Gasteiger partial charge in [0, 0.05) is 6.61 Å². The fourth-order valence-corrected chi connectivity index (χ4v) is 5.73. The van der Waals surface area contributed by atoms with E-state index in [1.807, 2.05) is 0 Å². The second kappa shape index (κ2) is 5.26. The van der Waals surface area contributed by atoms with E-state index < -0.39 is 0 Å². The summed E-state index contributed by atoms with van der Waals surface area (Å²) in [4.78, 5) is 0. The maximum Gasteiger partial charge on any atom is 0.0487 e. The lowest BCUT2D eigenvalue weighted by atomic mass is 9.46. The molecule has 0 spiro atoms. The zero-order chi connectivity index (χ0) is 15.3. The highest BCUT2D eigenvalue weighted by Crippen LogP contribution is 2.62. The van der Waals surface area contributed by atoms with Crippen LogP contribution in [0.3, 0.4) is 0 Å². The average molecular weight is 288 g/mol. The van der Waals surface area contributed by atoms with Gasteiger partial charge in [-0.1, -0.05) is 51.8 Å². The van der Waals surface area contributed by atoms with E-state index in [1.54, 1.807) is 11.1 Å². The molecular formula is C20H32O. The second-order valence-corrected chi connectivity index (χ2v) is 8.63. The molecule has 3 aliphatic rings. The zero-order valence-electron chi connectivity index (χ0n) is 14.3. The van der Waals surface area contributed by atoms with E-state index in [2.05, 4.69) is 39.8 Å². The molecule has 0 bridgehead atoms. The first kappa shape index (κ1) is 15.3. The molecule has 4 atom stereocenters. The Hall–Kier alpha value is -0.560. The van der Waals surface area contributed by atoms with Crippen LogP contribution in [-0.4, -0.2) is 11.7 Å². The molecule has 1 heteroatoms. The van der Waals surface area contributed by atoms with E-state index in [0.29, 0.717) is 23.9 Å². The Morgan fingerprint density at radius 2 is 2.05 bits per heavy atom. The molecule has 0 unspecified atom stereocenters. The van der Waals surface area contributed by atoms with Crippen LogP contribution in [0.5, 0.6) is 0 Å². The van der Waals surface area contributed by atoms with Gasteiger partial charge in [-0.2, -0.15) is 0 Å². The molecule has 0 heterocycles. The van der Waals surface area contributed by atoms with Crippen LogP contribution in [0.15, 0.2) is 23.3 Å². The summed E-state index contributed by atoms with van der Waals surface area (Å²) in [5.74, 6) is 2.07. The predicted molar refractivity (Wildman–Crippen MR) is 89.0 cm³/mol. The minimum Gasteiger partial charge on any atom is -0.396 e. The van der Waals surface area contributed by atoms with Crippen LogP contribution >= 0.6 is 0 Å². The van der Waals surface area contributed by atoms with Crippen molar-refractivity contribution in [3.63, 3.8) is 0 Å². The third kappa shape index (κ3) is 2.32. The minimum absolute atomic E-state index is 0.153. The van der Waals surface area contributed by atoms with Crippen molar-refractivity contribution in [2.24, 2.45) is 28.6 Å². The van der Waals surface area contributed by atoms with E-state index in [-0.39, 0.29) is 5.41 Å². The van der Waals surface area contributed by atoms with Gasteiger partial charge in [0.2, 0.25) is 0 Å². The van der Waals surface area contributed by atoms with E-state index in [4.69, 9.17) is 0 Å². The number of allylic oxidation sites excluding steroid dienone is 4. The molecule has 1 N–H and O–H groups in total. The number of aliphatic hydroxyl groups excluding tert-OH is 1. The zero-order valence-corrected chi connectivity index (χ0v) is 14.3. The van der Waals surface area contributed by atoms with Gasteiger partial charge >= 0.3 is 0 Å². The van der Waals surface area contributed by atoms with Gasteiger partial charge in [-0.25, -0.2) is 0 Å². The van der Waals surface area contributed by atoms with Gasteiger partial charge in [-0.05, 0) is 66.3 Å². The van der Waals surface area contributed by atoms with Gasteiger partial charge in [-0.3, -0.25) is 0 Å². The van der Waals surface area contributed by atoms with Crippen molar-refractivity contribution in [3.8, 4) is 0 Å². The van der Waals surface area contributed by atoms with Crippen LogP contribution in [0.4, 0.5) is 0 Å². The van der Waals surface area contributed by atoms with E-state index in [1.165, 1.54) is 38.5 Å². The van der Waals surface area contributed by atoms with Crippen molar-refractivity contribution < 1.29 is 5.11 Å². The molecule has 3 rings (SSSR count). The van der Waals surface area contributed by atoms with Crippen LogP contribution < -0.4 is 0 Å². The molecule has 0 saturated heterocycles. The molecule has 0 aromatic heterocycles. The maximum absolute atomic E-state index is 9.99. The van der Waals surface area contributed by atoms with Gasteiger partial charge in [0.05, 0.1) is 0 Å². The SMILES string of the molecule is CC(C)C1=CC[C@H]2C(=C1)CC[C@H]1[C@](C)(CO)CCC[C@]21C. The van der Waals surface area contributed by atoms with Crippen molar-refractivity contribution in [3.05, 3.63) is 23.3 Å². The topological polar surface area (TPSA) is 20.2 Å². The van der Waals surface area contributed by atoms with Crippen LogP contribution in [0, 0.1) is 28.6 Å². The van der Waals surface area contributed by atoms with Crippen molar-refractivity contribution in [1.82, 2.24) is 0 Å². The Kier molecular flexibility index (Phi) is 3.84. The Bertz CT molecular complexity index is 472. The van der Waals surface area contributed by atoms with E-state index in [0.717, 1.165) is 5.92 Å². The van der Waals surface area contributed by atoms with Crippen LogP contribution in [0.1, 0.15) is 66.2 Å². The summed E-state index contributed by atoms with van der Waals surface area (Å²) < 4.78 is 0. The van der Waals surface area contributed by atoms with Crippen LogP contribution in [0.25, 0.3) is 0 Å². The Balaban J connectivity index is 1.92. The lowest BCUT2D eigenvalue weighted by Crippen LogP contribution is -2.52. The van der Waals surface area contributed by atoms with E-state index >= 15 is 0 Å². The highest BCUT2D eigenvalue weighted by atomic mass is 16.3. The summed E-state index contributed by atoms with van der Waals surface area (Å²) in [6.45, 7) is 9.84. The first-order chi connectivity index (χ1) is 9.90. The molecule has 0 aromatic rings. The number of hydrogen-bond donors (Lipinski definition) is 1. The van der Waals surface area contributed by atoms with Crippen molar-refractivity contribution in [2.75, 3.05) is 6.61 Å². The molecule has 2 fully saturated rings. The number of fused-ring (bicyclic) bond motifs is 3. The highest BCUT2D eigenvalue weighted by Gasteiger charge is 2.54. The fourth-order valence-electron chi connectivity index (χ4n) is 5.73. The van der Waals surface area contributed by atoms with Gasteiger partial charge in [0.15, 0.2) is 0 Å². The summed E-state index contributed by atoms with van der Waals surface area (Å²) in [5, 5.41) is 9.99. The normalized spacial score (nSPS) is 43.0. The molecule has 3 aliphatic carbocycles. The summed E-state index contributed by atoms with van der Waals surface area (Å²) in [6, 6.07) is 0. The Labute approximate surface area is 130 Å². The standard InChI is InChI=1S/C20H32O/c1-14(2)15-6-8-17-16(12-15)7-9-18-19(3,13-21)10-5-11-20(17,18)4/h6,12,14,17-18,21H,5,7-11,13H2,1-4H3/t17-,18-,19-,20+/m0/s1. The largest absolute Gasteiger partial charge is 0.396 e. The lowest BCUT2D eigenvalue weighted by molar-refractivity contribution is -0.0843. The number of rotatable bonds is 2. The summed E-state index contributed by atoms with van der Waals surface area (Å²) >= 11 is 0. The predicted octanol–water partition coefficient (Wildman–Crippen LogP) is 5.11. The lowest BCUT2D eigenvalue weighted by Gasteiger charge is -2.59. The quantitative estimate of drug-likeness (QED) is 0.748. The second-order valence-electron chi connectivity index (χ2n) is 8.63. The third-order valence-electron chi connectivity index (χ3n) is 7.04. The molecule has 21 heavy (non-hydrogen) atoms. The first-order valence-electron chi connectivity index (χ1n) is 8.92. The Morgan fingerprint density at radius 3 is 2.71 bits per heavy atom. The van der Waals surface area contributed by atoms with Crippen LogP contribution in [0.2, 0.25) is 0 Å². The van der Waals surface area contributed by atoms with Gasteiger partial charge in [-0.15, -0.1) is 0 Å². The molecule has 0 amide bonds. The Morgan fingerprint density at radius 1 is 1.29 bits per heavy atom. The van der Waals surface area contributed by atoms with Crippen molar-refractivity contribution >= 4 is 0 Å².